The lowest BCUT2D eigenvalue weighted by atomic mass is 10.1. The van der Waals surface area contributed by atoms with Gasteiger partial charge in [-0.2, -0.15) is 0 Å². The molecule has 2 N–H and O–H groups in total. The van der Waals surface area contributed by atoms with Crippen LogP contribution in [0.3, 0.4) is 0 Å². The fourth-order valence-electron chi connectivity index (χ4n) is 5.26. The summed E-state index contributed by atoms with van der Waals surface area (Å²) in [6.45, 7) is 2.71. The number of benzene rings is 3. The molecule has 1 heterocycles. The van der Waals surface area contributed by atoms with E-state index in [2.05, 4.69) is 15.4 Å². The molecular weight excluding hydrogens is 596 g/mol. The van der Waals surface area contributed by atoms with Gasteiger partial charge in [-0.3, -0.25) is 14.5 Å². The van der Waals surface area contributed by atoms with Crippen molar-refractivity contribution < 1.29 is 28.6 Å². The van der Waals surface area contributed by atoms with Gasteiger partial charge in [0, 0.05) is 42.8 Å². The van der Waals surface area contributed by atoms with Crippen LogP contribution in [0.5, 0.6) is 5.75 Å². The molecule has 0 radical (unpaired) electrons. The predicted octanol–water partition coefficient (Wildman–Crippen LogP) is 4.68. The Hall–Kier alpha value is -4.12. The van der Waals surface area contributed by atoms with Crippen molar-refractivity contribution in [3.63, 3.8) is 0 Å². The van der Waals surface area contributed by atoms with Crippen molar-refractivity contribution in [3.8, 4) is 5.75 Å². The second kappa shape index (κ2) is 15.7. The Balaban J connectivity index is 1.20. The molecule has 1 saturated carbocycles. The van der Waals surface area contributed by atoms with Crippen LogP contribution in [0.2, 0.25) is 5.02 Å². The van der Waals surface area contributed by atoms with Crippen molar-refractivity contribution in [3.05, 3.63) is 94.5 Å². The Morgan fingerprint density at radius 3 is 2.53 bits per heavy atom. The number of carbonyl (C=O) groups is 3. The van der Waals surface area contributed by atoms with Crippen LogP contribution in [0.25, 0.3) is 0 Å². The van der Waals surface area contributed by atoms with E-state index in [9.17, 15) is 14.4 Å². The van der Waals surface area contributed by atoms with Gasteiger partial charge in [-0.25, -0.2) is 4.79 Å². The average molecular weight is 635 g/mol. The smallest absolute Gasteiger partial charge is 0.407 e. The highest BCUT2D eigenvalue weighted by Gasteiger charge is 2.41. The molecule has 2 aliphatic rings. The highest BCUT2D eigenvalue weighted by Crippen LogP contribution is 2.32. The fraction of sp³-hybridized carbons (Fsp3) is 0.382. The summed E-state index contributed by atoms with van der Waals surface area (Å²) >= 11 is 6.55. The average Bonchev–Trinajstić information content (AvgIpc) is 3.91. The van der Waals surface area contributed by atoms with E-state index in [1.54, 1.807) is 11.0 Å². The van der Waals surface area contributed by atoms with Crippen LogP contribution in [-0.2, 0) is 38.8 Å². The SMILES string of the molecule is COC(=O)NCc1ccc(Cl)c(CN(C(=O)[C@H]2CNCC(=O)N2c2ccc(OCCCOCc3ccccc3)cc2)C2CC2)c1. The van der Waals surface area contributed by atoms with Gasteiger partial charge in [-0.15, -0.1) is 0 Å². The maximum atomic E-state index is 14.1. The van der Waals surface area contributed by atoms with Gasteiger partial charge >= 0.3 is 6.09 Å². The van der Waals surface area contributed by atoms with Crippen LogP contribution in [-0.4, -0.2) is 68.3 Å². The Labute approximate surface area is 268 Å². The van der Waals surface area contributed by atoms with E-state index in [4.69, 9.17) is 21.1 Å². The standard InChI is InChI=1S/C34H39ClN4O6/c1-43-34(42)37-19-25-8-15-30(35)26(18-25)22-38(27-9-10-27)33(41)31-20-36-21-32(40)39(31)28-11-13-29(14-12-28)45-17-5-16-44-23-24-6-3-2-4-7-24/h2-4,6-8,11-15,18,27,31,36H,5,9-10,16-17,19-23H2,1H3,(H,37,42)/t31-/m1/s1. The van der Waals surface area contributed by atoms with Crippen LogP contribution < -0.4 is 20.3 Å². The zero-order valence-electron chi connectivity index (χ0n) is 25.4. The summed E-state index contributed by atoms with van der Waals surface area (Å²) in [6.07, 6.45) is 2.00. The van der Waals surface area contributed by atoms with Crippen LogP contribution in [0.1, 0.15) is 36.0 Å². The first-order chi connectivity index (χ1) is 21.9. The zero-order chi connectivity index (χ0) is 31.6. The number of anilines is 1. The monoisotopic (exact) mass is 634 g/mol. The number of ether oxygens (including phenoxy) is 3. The first-order valence-electron chi connectivity index (χ1n) is 15.2. The summed E-state index contributed by atoms with van der Waals surface area (Å²) in [5.74, 6) is 0.375. The molecule has 0 bridgehead atoms. The fourth-order valence-corrected chi connectivity index (χ4v) is 5.44. The van der Waals surface area contributed by atoms with Crippen molar-refractivity contribution in [1.82, 2.24) is 15.5 Å². The molecule has 1 saturated heterocycles. The number of amides is 3. The maximum Gasteiger partial charge on any atom is 0.407 e. The van der Waals surface area contributed by atoms with Gasteiger partial charge in [0.1, 0.15) is 11.8 Å². The van der Waals surface area contributed by atoms with Crippen molar-refractivity contribution in [2.75, 3.05) is 38.3 Å². The molecule has 3 aromatic rings. The molecule has 3 amide bonds. The molecule has 2 fully saturated rings. The molecule has 0 spiro atoms. The van der Waals surface area contributed by atoms with Crippen molar-refractivity contribution >= 4 is 35.2 Å². The quantitative estimate of drug-likeness (QED) is 0.248. The third kappa shape index (κ3) is 8.97. The minimum absolute atomic E-state index is 0.0803. The van der Waals surface area contributed by atoms with Crippen LogP contribution in [0, 0.1) is 0 Å². The van der Waals surface area contributed by atoms with Gasteiger partial charge in [-0.05, 0) is 59.9 Å². The summed E-state index contributed by atoms with van der Waals surface area (Å²) in [6, 6.07) is 22.2. The molecule has 238 valence electrons. The van der Waals surface area contributed by atoms with E-state index in [1.165, 1.54) is 7.11 Å². The lowest BCUT2D eigenvalue weighted by Gasteiger charge is -2.38. The normalized spacial score (nSPS) is 16.3. The lowest BCUT2D eigenvalue weighted by molar-refractivity contribution is -0.136. The van der Waals surface area contributed by atoms with E-state index in [1.807, 2.05) is 71.6 Å². The summed E-state index contributed by atoms with van der Waals surface area (Å²) in [5.41, 5.74) is 3.38. The first kappa shape index (κ1) is 32.3. The summed E-state index contributed by atoms with van der Waals surface area (Å²) in [7, 11) is 1.31. The van der Waals surface area contributed by atoms with Crippen molar-refractivity contribution in [2.45, 2.75) is 51.0 Å². The second-order valence-corrected chi connectivity index (χ2v) is 11.5. The highest BCUT2D eigenvalue weighted by molar-refractivity contribution is 6.31. The van der Waals surface area contributed by atoms with Gasteiger partial charge in [0.05, 0.1) is 33.5 Å². The summed E-state index contributed by atoms with van der Waals surface area (Å²) in [4.78, 5) is 42.2. The van der Waals surface area contributed by atoms with Gasteiger partial charge < -0.3 is 29.7 Å². The predicted molar refractivity (Wildman–Crippen MR) is 171 cm³/mol. The second-order valence-electron chi connectivity index (χ2n) is 11.1. The first-order valence-corrected chi connectivity index (χ1v) is 15.6. The number of hydrogen-bond acceptors (Lipinski definition) is 7. The molecule has 45 heavy (non-hydrogen) atoms. The molecule has 1 aliphatic carbocycles. The number of rotatable bonds is 14. The Morgan fingerprint density at radius 1 is 1.02 bits per heavy atom. The third-order valence-corrected chi connectivity index (χ3v) is 8.12. The van der Waals surface area contributed by atoms with Gasteiger partial charge in [-0.1, -0.05) is 54.1 Å². The van der Waals surface area contributed by atoms with E-state index in [0.717, 1.165) is 36.0 Å². The van der Waals surface area contributed by atoms with E-state index in [0.29, 0.717) is 49.4 Å². The Kier molecular flexibility index (Phi) is 11.3. The Bertz CT molecular complexity index is 1450. The molecule has 3 aromatic carbocycles. The molecule has 0 aromatic heterocycles. The van der Waals surface area contributed by atoms with Gasteiger partial charge in [0.2, 0.25) is 11.8 Å². The number of alkyl carbamates (subject to hydrolysis) is 1. The lowest BCUT2D eigenvalue weighted by Crippen LogP contribution is -2.61. The number of nitrogens with zero attached hydrogens (tertiary/aromatic N) is 2. The molecule has 10 nitrogen and oxygen atoms in total. The van der Waals surface area contributed by atoms with Crippen LogP contribution >= 0.6 is 11.6 Å². The number of piperazine rings is 1. The zero-order valence-corrected chi connectivity index (χ0v) is 26.1. The molecule has 1 aliphatic heterocycles. The van der Waals surface area contributed by atoms with Gasteiger partial charge in [0.15, 0.2) is 0 Å². The van der Waals surface area contributed by atoms with E-state index in [-0.39, 0.29) is 30.9 Å². The summed E-state index contributed by atoms with van der Waals surface area (Å²) in [5, 5.41) is 6.30. The number of hydrogen-bond donors (Lipinski definition) is 2. The topological polar surface area (TPSA) is 109 Å². The van der Waals surface area contributed by atoms with Crippen LogP contribution in [0.15, 0.2) is 72.8 Å². The van der Waals surface area contributed by atoms with E-state index >= 15 is 0 Å². The van der Waals surface area contributed by atoms with Crippen molar-refractivity contribution in [1.29, 1.82) is 0 Å². The number of nitrogens with one attached hydrogen (secondary N) is 2. The Morgan fingerprint density at radius 2 is 1.80 bits per heavy atom. The third-order valence-electron chi connectivity index (χ3n) is 7.75. The number of carbonyl (C=O) groups excluding carboxylic acids is 3. The van der Waals surface area contributed by atoms with Crippen LogP contribution in [0.4, 0.5) is 10.5 Å². The highest BCUT2D eigenvalue weighted by atomic mass is 35.5. The largest absolute Gasteiger partial charge is 0.494 e. The summed E-state index contributed by atoms with van der Waals surface area (Å²) < 4.78 is 16.3. The van der Waals surface area contributed by atoms with Gasteiger partial charge in [0.25, 0.3) is 0 Å². The maximum absolute atomic E-state index is 14.1. The van der Waals surface area contributed by atoms with E-state index < -0.39 is 12.1 Å². The molecule has 11 heteroatoms. The number of halogens is 1. The minimum Gasteiger partial charge on any atom is -0.494 e. The number of methoxy groups -OCH3 is 1. The minimum atomic E-state index is -0.705. The molecule has 0 unspecified atom stereocenters. The molecular formula is C34H39ClN4O6. The van der Waals surface area contributed by atoms with Crippen molar-refractivity contribution in [2.24, 2.45) is 0 Å². The molecule has 5 rings (SSSR count). The molecule has 1 atom stereocenters.